The lowest BCUT2D eigenvalue weighted by Crippen LogP contribution is -2.38. The van der Waals surface area contributed by atoms with Gasteiger partial charge in [-0.05, 0) is 43.9 Å². The van der Waals surface area contributed by atoms with Crippen molar-refractivity contribution >= 4 is 39.2 Å². The molecule has 1 saturated heterocycles. The van der Waals surface area contributed by atoms with Crippen molar-refractivity contribution in [3.05, 3.63) is 34.6 Å². The van der Waals surface area contributed by atoms with Gasteiger partial charge in [0.2, 0.25) is 16.0 Å². The third-order valence-electron chi connectivity index (χ3n) is 4.52. The largest absolute Gasteiger partial charge is 0.289 e. The molecule has 0 radical (unpaired) electrons. The summed E-state index contributed by atoms with van der Waals surface area (Å²) in [6.45, 7) is 0.360. The van der Waals surface area contributed by atoms with Crippen LogP contribution >= 0.6 is 11.6 Å². The Hall–Kier alpha value is -2.13. The number of aromatic nitrogens is 3. The van der Waals surface area contributed by atoms with E-state index < -0.39 is 15.9 Å². The number of carbonyl (C=O) groups excluding carboxylic acids is 1. The van der Waals surface area contributed by atoms with Crippen LogP contribution in [0, 0.1) is 0 Å². The van der Waals surface area contributed by atoms with E-state index in [1.807, 2.05) is 0 Å². The fraction of sp³-hybridized carbons (Fsp3) is 0.438. The lowest BCUT2D eigenvalue weighted by Gasteiger charge is -2.29. The number of aromatic amines is 1. The van der Waals surface area contributed by atoms with Gasteiger partial charge in [-0.3, -0.25) is 19.5 Å². The van der Waals surface area contributed by atoms with E-state index in [0.717, 1.165) is 25.1 Å². The second kappa shape index (κ2) is 6.55. The van der Waals surface area contributed by atoms with Crippen molar-refractivity contribution in [2.75, 3.05) is 21.9 Å². The Morgan fingerprint density at radius 2 is 2.12 bits per heavy atom. The van der Waals surface area contributed by atoms with Gasteiger partial charge in [-0.1, -0.05) is 11.6 Å². The molecule has 2 aromatic rings. The second-order valence-corrected chi connectivity index (χ2v) is 8.95. The molecule has 26 heavy (non-hydrogen) atoms. The molecule has 10 heteroatoms. The van der Waals surface area contributed by atoms with E-state index in [4.69, 9.17) is 11.6 Å². The molecule has 2 fully saturated rings. The molecule has 0 bridgehead atoms. The van der Waals surface area contributed by atoms with Crippen LogP contribution in [0.5, 0.6) is 0 Å². The van der Waals surface area contributed by atoms with Gasteiger partial charge in [-0.25, -0.2) is 8.42 Å². The van der Waals surface area contributed by atoms with Crippen molar-refractivity contribution in [2.24, 2.45) is 0 Å². The Labute approximate surface area is 156 Å². The van der Waals surface area contributed by atoms with Crippen molar-refractivity contribution in [1.82, 2.24) is 15.2 Å². The first-order valence-electron chi connectivity index (χ1n) is 8.48. The van der Waals surface area contributed by atoms with Crippen LogP contribution in [0.1, 0.15) is 47.8 Å². The van der Waals surface area contributed by atoms with Gasteiger partial charge in [0.1, 0.15) is 5.82 Å². The van der Waals surface area contributed by atoms with Gasteiger partial charge in [0.25, 0.3) is 5.91 Å². The highest BCUT2D eigenvalue weighted by Gasteiger charge is 2.29. The van der Waals surface area contributed by atoms with E-state index in [1.165, 1.54) is 16.4 Å². The maximum absolute atomic E-state index is 12.5. The number of nitrogens with one attached hydrogen (secondary N) is 2. The summed E-state index contributed by atoms with van der Waals surface area (Å²) in [5.74, 6) is 1.05. The molecule has 4 rings (SSSR count). The summed E-state index contributed by atoms with van der Waals surface area (Å²) < 4.78 is 25.9. The van der Waals surface area contributed by atoms with Gasteiger partial charge < -0.3 is 0 Å². The van der Waals surface area contributed by atoms with Crippen LogP contribution in [0.2, 0.25) is 5.02 Å². The van der Waals surface area contributed by atoms with Crippen LogP contribution in [-0.2, 0) is 10.0 Å². The van der Waals surface area contributed by atoms with Crippen LogP contribution in [0.3, 0.4) is 0 Å². The minimum atomic E-state index is -3.41. The first-order chi connectivity index (χ1) is 12.4. The number of halogens is 1. The third kappa shape index (κ3) is 3.41. The molecule has 0 atom stereocenters. The lowest BCUT2D eigenvalue weighted by molar-refractivity contribution is 0.102. The molecule has 1 saturated carbocycles. The average molecular weight is 396 g/mol. The number of anilines is 2. The van der Waals surface area contributed by atoms with Crippen molar-refractivity contribution in [1.29, 1.82) is 0 Å². The predicted octanol–water partition coefficient (Wildman–Crippen LogP) is 2.52. The standard InChI is InChI=1S/C16H18ClN5O3S/c17-12-6-5-11(9-13(12)22-7-1-2-8-26(22,24)25)15(23)19-16-18-14(20-21-16)10-3-4-10/h5-6,9-10H,1-4,7-8H2,(H2,18,19,20,21,23). The van der Waals surface area contributed by atoms with E-state index in [2.05, 4.69) is 20.5 Å². The number of amides is 1. The van der Waals surface area contributed by atoms with E-state index in [0.29, 0.717) is 35.2 Å². The molecule has 8 nitrogen and oxygen atoms in total. The quantitative estimate of drug-likeness (QED) is 0.826. The SMILES string of the molecule is O=C(Nc1n[nH]c(C2CC2)n1)c1ccc(Cl)c(N2CCCCS2(=O)=O)c1. The van der Waals surface area contributed by atoms with Gasteiger partial charge in [0.15, 0.2) is 0 Å². The monoisotopic (exact) mass is 395 g/mol. The van der Waals surface area contributed by atoms with E-state index in [1.54, 1.807) is 6.07 Å². The lowest BCUT2D eigenvalue weighted by atomic mass is 10.2. The van der Waals surface area contributed by atoms with E-state index in [9.17, 15) is 13.2 Å². The number of nitrogens with zero attached hydrogens (tertiary/aromatic N) is 3. The van der Waals surface area contributed by atoms with Gasteiger partial charge >= 0.3 is 0 Å². The third-order valence-corrected chi connectivity index (χ3v) is 6.69. The van der Waals surface area contributed by atoms with Crippen molar-refractivity contribution < 1.29 is 13.2 Å². The number of benzene rings is 1. The highest BCUT2D eigenvalue weighted by Crippen LogP contribution is 2.38. The average Bonchev–Trinajstić information content (AvgIpc) is 3.35. The van der Waals surface area contributed by atoms with E-state index in [-0.39, 0.29) is 11.7 Å². The molecule has 1 amide bonds. The zero-order chi connectivity index (χ0) is 18.3. The minimum absolute atomic E-state index is 0.0842. The molecule has 1 aromatic carbocycles. The topological polar surface area (TPSA) is 108 Å². The molecule has 0 spiro atoms. The molecular formula is C16H18ClN5O3S. The van der Waals surface area contributed by atoms with Gasteiger partial charge in [0.05, 0.1) is 16.5 Å². The molecule has 2 N–H and O–H groups in total. The summed E-state index contributed by atoms with van der Waals surface area (Å²) in [6.07, 6.45) is 3.54. The first-order valence-corrected chi connectivity index (χ1v) is 10.5. The summed E-state index contributed by atoms with van der Waals surface area (Å²) in [6, 6.07) is 4.57. The number of sulfonamides is 1. The normalized spacial score (nSPS) is 19.3. The number of hydrogen-bond acceptors (Lipinski definition) is 5. The number of rotatable bonds is 4. The molecule has 1 aromatic heterocycles. The van der Waals surface area contributed by atoms with Crippen LogP contribution in [0.15, 0.2) is 18.2 Å². The molecule has 1 aliphatic heterocycles. The zero-order valence-corrected chi connectivity index (χ0v) is 15.5. The van der Waals surface area contributed by atoms with Crippen LogP contribution in [-0.4, -0.2) is 41.8 Å². The Bertz CT molecular complexity index is 955. The Morgan fingerprint density at radius 3 is 2.85 bits per heavy atom. The van der Waals surface area contributed by atoms with Crippen molar-refractivity contribution in [3.8, 4) is 0 Å². The Kier molecular flexibility index (Phi) is 4.36. The summed E-state index contributed by atoms with van der Waals surface area (Å²) in [7, 11) is -3.41. The van der Waals surface area contributed by atoms with Crippen LogP contribution < -0.4 is 9.62 Å². The first kappa shape index (κ1) is 17.3. The second-order valence-electron chi connectivity index (χ2n) is 6.53. The van der Waals surface area contributed by atoms with Crippen molar-refractivity contribution in [2.45, 2.75) is 31.6 Å². The number of carbonyl (C=O) groups is 1. The number of hydrogen-bond donors (Lipinski definition) is 2. The van der Waals surface area contributed by atoms with Gasteiger partial charge in [-0.2, -0.15) is 4.98 Å². The summed E-state index contributed by atoms with van der Waals surface area (Å²) in [5.41, 5.74) is 0.621. The molecule has 2 aliphatic rings. The Balaban J connectivity index is 1.57. The summed E-state index contributed by atoms with van der Waals surface area (Å²) >= 11 is 6.20. The maximum atomic E-state index is 12.5. The zero-order valence-electron chi connectivity index (χ0n) is 13.9. The highest BCUT2D eigenvalue weighted by atomic mass is 35.5. The van der Waals surface area contributed by atoms with Crippen molar-refractivity contribution in [3.63, 3.8) is 0 Å². The molecular weight excluding hydrogens is 378 g/mol. The molecule has 2 heterocycles. The highest BCUT2D eigenvalue weighted by molar-refractivity contribution is 7.92. The smallest absolute Gasteiger partial charge is 0.258 e. The molecule has 0 unspecified atom stereocenters. The Morgan fingerprint density at radius 1 is 1.31 bits per heavy atom. The summed E-state index contributed by atoms with van der Waals surface area (Å²) in [5, 5.41) is 9.74. The van der Waals surface area contributed by atoms with E-state index >= 15 is 0 Å². The van der Waals surface area contributed by atoms with Gasteiger partial charge in [0, 0.05) is 18.0 Å². The fourth-order valence-electron chi connectivity index (χ4n) is 2.95. The van der Waals surface area contributed by atoms with Crippen LogP contribution in [0.25, 0.3) is 0 Å². The summed E-state index contributed by atoms with van der Waals surface area (Å²) in [4.78, 5) is 16.8. The maximum Gasteiger partial charge on any atom is 0.258 e. The fourth-order valence-corrected chi connectivity index (χ4v) is 4.86. The van der Waals surface area contributed by atoms with Gasteiger partial charge in [-0.15, -0.1) is 5.10 Å². The molecule has 1 aliphatic carbocycles. The molecule has 138 valence electrons. The minimum Gasteiger partial charge on any atom is -0.289 e. The van der Waals surface area contributed by atoms with Crippen LogP contribution in [0.4, 0.5) is 11.6 Å². The number of H-pyrrole nitrogens is 1. The predicted molar refractivity (Wildman–Crippen MR) is 98.1 cm³/mol.